The summed E-state index contributed by atoms with van der Waals surface area (Å²) in [6, 6.07) is 0. The quantitative estimate of drug-likeness (QED) is 0.428. The number of ether oxygens (including phenoxy) is 4. The molecule has 1 aliphatic rings. The number of aliphatic hydroxyl groups excluding tert-OH is 1. The number of carbonyl (C=O) groups is 3. The number of halogens is 1. The van der Waals surface area contributed by atoms with Crippen LogP contribution in [0.5, 0.6) is 0 Å². The van der Waals surface area contributed by atoms with E-state index in [1.165, 1.54) is 6.92 Å². The van der Waals surface area contributed by atoms with Crippen molar-refractivity contribution in [2.45, 2.75) is 50.8 Å². The van der Waals surface area contributed by atoms with Crippen LogP contribution < -0.4 is 0 Å². The number of esters is 3. The van der Waals surface area contributed by atoms with E-state index in [2.05, 4.69) is 0 Å². The van der Waals surface area contributed by atoms with Gasteiger partial charge in [0.2, 0.25) is 0 Å². The van der Waals surface area contributed by atoms with Crippen molar-refractivity contribution < 1.29 is 38.4 Å². The number of hydrogen-bond donors (Lipinski definition) is 1. The van der Waals surface area contributed by atoms with Gasteiger partial charge in [0.1, 0.15) is 18.1 Å². The molecule has 1 unspecified atom stereocenters. The van der Waals surface area contributed by atoms with Gasteiger partial charge in [0, 0.05) is 20.8 Å². The minimum Gasteiger partial charge on any atom is -0.463 e. The Morgan fingerprint density at radius 2 is 1.57 bits per heavy atom. The fourth-order valence-electron chi connectivity index (χ4n) is 1.88. The molecule has 1 rings (SSSR count). The number of alkyl halides is 1. The molecule has 0 saturated carbocycles. The van der Waals surface area contributed by atoms with Gasteiger partial charge in [-0.25, -0.2) is 0 Å². The molecule has 5 atom stereocenters. The van der Waals surface area contributed by atoms with Crippen molar-refractivity contribution in [2.75, 3.05) is 6.61 Å². The average molecular weight is 325 g/mol. The fraction of sp³-hybridized carbons (Fsp3) is 0.750. The second-order valence-electron chi connectivity index (χ2n) is 4.46. The molecule has 0 bridgehead atoms. The number of rotatable bonds is 4. The molecule has 0 aliphatic carbocycles. The highest BCUT2D eigenvalue weighted by atomic mass is 35.5. The molecular weight excluding hydrogens is 308 g/mol. The summed E-state index contributed by atoms with van der Waals surface area (Å²) in [4.78, 5) is 33.2. The smallest absolute Gasteiger partial charge is 0.303 e. The molecule has 0 amide bonds. The Morgan fingerprint density at radius 1 is 1.05 bits per heavy atom. The highest BCUT2D eigenvalue weighted by molar-refractivity contribution is 6.21. The van der Waals surface area contributed by atoms with Gasteiger partial charge in [0.05, 0.1) is 0 Å². The van der Waals surface area contributed by atoms with E-state index in [0.29, 0.717) is 0 Å². The van der Waals surface area contributed by atoms with Crippen molar-refractivity contribution in [2.24, 2.45) is 0 Å². The number of hydrogen-bond acceptors (Lipinski definition) is 8. The van der Waals surface area contributed by atoms with Crippen molar-refractivity contribution in [3.05, 3.63) is 0 Å². The summed E-state index contributed by atoms with van der Waals surface area (Å²) >= 11 is 5.93. The van der Waals surface area contributed by atoms with Gasteiger partial charge in [-0.1, -0.05) is 0 Å². The van der Waals surface area contributed by atoms with E-state index in [0.717, 1.165) is 13.8 Å². The fourth-order valence-corrected chi connectivity index (χ4v) is 2.13. The standard InChI is InChI=1S/C12H17ClO8/c1-5(14)18-4-8-10(19-6(2)15)11(20-7(3)16)9(13)12(17)21-8/h8-12,17H,4H2,1-3H3/t8-,9+,10-,11-,12?/m1/s1. The van der Waals surface area contributed by atoms with Crippen LogP contribution in [0.3, 0.4) is 0 Å². The third kappa shape index (κ3) is 5.14. The molecule has 9 heteroatoms. The maximum Gasteiger partial charge on any atom is 0.303 e. The van der Waals surface area contributed by atoms with Gasteiger partial charge in [0.25, 0.3) is 0 Å². The highest BCUT2D eigenvalue weighted by Gasteiger charge is 2.49. The normalized spacial score (nSPS) is 32.1. The monoisotopic (exact) mass is 324 g/mol. The van der Waals surface area contributed by atoms with Gasteiger partial charge in [-0.3, -0.25) is 14.4 Å². The van der Waals surface area contributed by atoms with Crippen LogP contribution in [0, 0.1) is 0 Å². The van der Waals surface area contributed by atoms with Crippen molar-refractivity contribution in [3.8, 4) is 0 Å². The van der Waals surface area contributed by atoms with E-state index >= 15 is 0 Å². The summed E-state index contributed by atoms with van der Waals surface area (Å²) < 4.78 is 20.0. The summed E-state index contributed by atoms with van der Waals surface area (Å²) in [5.41, 5.74) is 0. The summed E-state index contributed by atoms with van der Waals surface area (Å²) in [6.45, 7) is 3.21. The molecule has 0 aromatic carbocycles. The Bertz CT molecular complexity index is 412. The molecule has 1 N–H and O–H groups in total. The zero-order valence-electron chi connectivity index (χ0n) is 11.8. The van der Waals surface area contributed by atoms with Gasteiger partial charge in [-0.05, 0) is 0 Å². The van der Waals surface area contributed by atoms with Crippen LogP contribution in [-0.4, -0.2) is 59.6 Å². The SMILES string of the molecule is CC(=O)OC[C@H]1OC(O)[C@@H](Cl)[C@@H](OC(C)=O)[C@@H]1OC(C)=O. The van der Waals surface area contributed by atoms with Crippen LogP contribution >= 0.6 is 11.6 Å². The van der Waals surface area contributed by atoms with Crippen LogP contribution in [0.15, 0.2) is 0 Å². The van der Waals surface area contributed by atoms with Gasteiger partial charge >= 0.3 is 17.9 Å². The molecule has 1 fully saturated rings. The average Bonchev–Trinajstić information content (AvgIpc) is 2.35. The summed E-state index contributed by atoms with van der Waals surface area (Å²) in [7, 11) is 0. The largest absolute Gasteiger partial charge is 0.463 e. The Balaban J connectivity index is 2.94. The van der Waals surface area contributed by atoms with E-state index < -0.39 is 47.9 Å². The first-order valence-corrected chi connectivity index (χ1v) is 6.61. The van der Waals surface area contributed by atoms with Crippen molar-refractivity contribution in [1.29, 1.82) is 0 Å². The molecule has 120 valence electrons. The van der Waals surface area contributed by atoms with Crippen molar-refractivity contribution in [1.82, 2.24) is 0 Å². The second-order valence-corrected chi connectivity index (χ2v) is 4.96. The maximum atomic E-state index is 11.2. The molecule has 0 aromatic rings. The van der Waals surface area contributed by atoms with Crippen molar-refractivity contribution >= 4 is 29.5 Å². The lowest BCUT2D eigenvalue weighted by atomic mass is 10.0. The third-order valence-electron chi connectivity index (χ3n) is 2.65. The Morgan fingerprint density at radius 3 is 2.05 bits per heavy atom. The predicted molar refractivity (Wildman–Crippen MR) is 68.3 cm³/mol. The number of aliphatic hydroxyl groups is 1. The Labute approximate surface area is 126 Å². The summed E-state index contributed by atoms with van der Waals surface area (Å²) in [5, 5.41) is 8.59. The van der Waals surface area contributed by atoms with Crippen molar-refractivity contribution in [3.63, 3.8) is 0 Å². The van der Waals surface area contributed by atoms with Crippen LogP contribution in [0.1, 0.15) is 20.8 Å². The minimum atomic E-state index is -1.47. The van der Waals surface area contributed by atoms with Gasteiger partial charge in [-0.15, -0.1) is 11.6 Å². The summed E-state index contributed by atoms with van der Waals surface area (Å²) in [6.07, 6.45) is -4.70. The van der Waals surface area contributed by atoms with Gasteiger partial charge in [-0.2, -0.15) is 0 Å². The van der Waals surface area contributed by atoms with Gasteiger partial charge < -0.3 is 24.1 Å². The first kappa shape index (κ1) is 17.7. The summed E-state index contributed by atoms with van der Waals surface area (Å²) in [5.74, 6) is -1.90. The predicted octanol–water partition coefficient (Wildman–Crippen LogP) is -0.263. The molecule has 8 nitrogen and oxygen atoms in total. The lowest BCUT2D eigenvalue weighted by Crippen LogP contribution is -2.59. The topological polar surface area (TPSA) is 108 Å². The molecule has 0 spiro atoms. The third-order valence-corrected chi connectivity index (χ3v) is 3.11. The second kappa shape index (κ2) is 7.58. The highest BCUT2D eigenvalue weighted by Crippen LogP contribution is 2.29. The van der Waals surface area contributed by atoms with E-state index in [1.807, 2.05) is 0 Å². The molecule has 0 radical (unpaired) electrons. The Hall–Kier alpha value is -1.38. The molecule has 1 heterocycles. The van der Waals surface area contributed by atoms with E-state index in [-0.39, 0.29) is 6.61 Å². The van der Waals surface area contributed by atoms with E-state index in [4.69, 9.17) is 30.5 Å². The van der Waals surface area contributed by atoms with E-state index in [9.17, 15) is 19.5 Å². The maximum absolute atomic E-state index is 11.2. The molecule has 1 saturated heterocycles. The van der Waals surface area contributed by atoms with Crippen LogP contribution in [0.4, 0.5) is 0 Å². The van der Waals surface area contributed by atoms with Crippen LogP contribution in [0.25, 0.3) is 0 Å². The van der Waals surface area contributed by atoms with Crippen LogP contribution in [0.2, 0.25) is 0 Å². The Kier molecular flexibility index (Phi) is 6.38. The molecule has 0 aromatic heterocycles. The molecule has 1 aliphatic heterocycles. The minimum absolute atomic E-state index is 0.286. The first-order valence-electron chi connectivity index (χ1n) is 6.17. The zero-order valence-corrected chi connectivity index (χ0v) is 12.5. The first-order chi connectivity index (χ1) is 9.72. The molecule has 21 heavy (non-hydrogen) atoms. The van der Waals surface area contributed by atoms with Crippen LogP contribution in [-0.2, 0) is 33.3 Å². The van der Waals surface area contributed by atoms with E-state index in [1.54, 1.807) is 0 Å². The molecular formula is C12H17ClO8. The lowest BCUT2D eigenvalue weighted by molar-refractivity contribution is -0.250. The lowest BCUT2D eigenvalue weighted by Gasteiger charge is -2.41. The van der Waals surface area contributed by atoms with Gasteiger partial charge in [0.15, 0.2) is 18.5 Å². The number of carbonyl (C=O) groups excluding carboxylic acids is 3. The zero-order chi connectivity index (χ0) is 16.2.